The van der Waals surface area contributed by atoms with E-state index in [1.165, 1.54) is 36.6 Å². The van der Waals surface area contributed by atoms with E-state index in [1.807, 2.05) is 17.0 Å². The van der Waals surface area contributed by atoms with Crippen LogP contribution >= 0.6 is 34.9 Å². The number of carbonyl (C=O) groups is 1. The highest BCUT2D eigenvalue weighted by Crippen LogP contribution is 2.31. The van der Waals surface area contributed by atoms with E-state index in [2.05, 4.69) is 22.3 Å². The summed E-state index contributed by atoms with van der Waals surface area (Å²) >= 11 is 4.74. The minimum atomic E-state index is 0.226. The van der Waals surface area contributed by atoms with E-state index in [-0.39, 0.29) is 5.91 Å². The molecule has 0 atom stereocenters. The Hall–Kier alpha value is -1.25. The highest BCUT2D eigenvalue weighted by Gasteiger charge is 2.16. The molecule has 1 aromatic carbocycles. The molecule has 1 aliphatic rings. The minimum absolute atomic E-state index is 0.226. The lowest BCUT2D eigenvalue weighted by atomic mass is 10.1. The van der Waals surface area contributed by atoms with Gasteiger partial charge in [0.2, 0.25) is 5.91 Å². The first-order valence-corrected chi connectivity index (χ1v) is 12.0. The highest BCUT2D eigenvalue weighted by atomic mass is 32.2. The lowest BCUT2D eigenvalue weighted by Gasteiger charge is -2.24. The summed E-state index contributed by atoms with van der Waals surface area (Å²) in [5, 5.41) is 8.47. The van der Waals surface area contributed by atoms with E-state index >= 15 is 0 Å². The van der Waals surface area contributed by atoms with Gasteiger partial charge in [-0.1, -0.05) is 66.3 Å². The second-order valence-electron chi connectivity index (χ2n) is 6.41. The van der Waals surface area contributed by atoms with Gasteiger partial charge in [0.15, 0.2) is 8.68 Å². The van der Waals surface area contributed by atoms with Crippen LogP contribution in [0.15, 0.2) is 32.9 Å². The molecule has 1 fully saturated rings. The molecule has 2 aromatic rings. The van der Waals surface area contributed by atoms with Crippen LogP contribution in [0.3, 0.4) is 0 Å². The minimum Gasteiger partial charge on any atom is -0.497 e. The van der Waals surface area contributed by atoms with Gasteiger partial charge in [0.1, 0.15) is 5.75 Å². The molecule has 1 aliphatic heterocycles. The van der Waals surface area contributed by atoms with Gasteiger partial charge in [0, 0.05) is 18.8 Å². The zero-order chi connectivity index (χ0) is 18.9. The van der Waals surface area contributed by atoms with Gasteiger partial charge in [-0.2, -0.15) is 0 Å². The number of hydrogen-bond donors (Lipinski definition) is 0. The summed E-state index contributed by atoms with van der Waals surface area (Å²) in [6.07, 6.45) is 6.03. The van der Waals surface area contributed by atoms with Crippen LogP contribution in [0.1, 0.15) is 37.7 Å². The summed E-state index contributed by atoms with van der Waals surface area (Å²) in [6, 6.07) is 8.05. The van der Waals surface area contributed by atoms with Gasteiger partial charge in [0.25, 0.3) is 0 Å². The Bertz CT molecular complexity index is 713. The molecule has 5 nitrogen and oxygen atoms in total. The first kappa shape index (κ1) is 20.5. The number of ether oxygens (including phenoxy) is 1. The van der Waals surface area contributed by atoms with E-state index in [0.717, 1.165) is 46.1 Å². The van der Waals surface area contributed by atoms with Crippen molar-refractivity contribution in [2.45, 2.75) is 46.5 Å². The van der Waals surface area contributed by atoms with E-state index in [9.17, 15) is 4.79 Å². The van der Waals surface area contributed by atoms with Crippen molar-refractivity contribution in [2.24, 2.45) is 0 Å². The fourth-order valence-electron chi connectivity index (χ4n) is 2.89. The molecule has 2 heterocycles. The number of aromatic nitrogens is 2. The Labute approximate surface area is 173 Å². The van der Waals surface area contributed by atoms with Gasteiger partial charge in [-0.15, -0.1) is 10.2 Å². The third-order valence-electron chi connectivity index (χ3n) is 4.44. The molecule has 0 N–H and O–H groups in total. The van der Waals surface area contributed by atoms with Crippen molar-refractivity contribution in [3.05, 3.63) is 29.8 Å². The van der Waals surface area contributed by atoms with Crippen LogP contribution in [0.25, 0.3) is 0 Å². The number of thioether (sulfide) groups is 2. The fourth-order valence-corrected chi connectivity index (χ4v) is 5.77. The average Bonchev–Trinajstić information content (AvgIpc) is 3.12. The number of amides is 1. The van der Waals surface area contributed by atoms with Crippen LogP contribution in [0.4, 0.5) is 0 Å². The summed E-state index contributed by atoms with van der Waals surface area (Å²) in [5.74, 6) is 2.39. The lowest BCUT2D eigenvalue weighted by molar-refractivity contribution is -0.128. The second-order valence-corrected chi connectivity index (χ2v) is 9.83. The molecule has 0 unspecified atom stereocenters. The molecule has 8 heteroatoms. The fraction of sp³-hybridized carbons (Fsp3) is 0.526. The van der Waals surface area contributed by atoms with Crippen molar-refractivity contribution in [3.8, 4) is 5.75 Å². The lowest BCUT2D eigenvalue weighted by Crippen LogP contribution is -2.35. The van der Waals surface area contributed by atoms with Crippen LogP contribution in [0.5, 0.6) is 5.75 Å². The number of benzene rings is 1. The molecule has 0 aliphatic carbocycles. The Morgan fingerprint density at radius 2 is 1.67 bits per heavy atom. The molecular formula is C19H25N3O2S3. The maximum atomic E-state index is 12.5. The molecule has 0 bridgehead atoms. The number of hydrogen-bond acceptors (Lipinski definition) is 7. The van der Waals surface area contributed by atoms with Crippen molar-refractivity contribution in [1.29, 1.82) is 0 Å². The van der Waals surface area contributed by atoms with Gasteiger partial charge in [-0.25, -0.2) is 0 Å². The molecule has 3 rings (SSSR count). The summed E-state index contributed by atoms with van der Waals surface area (Å²) in [5.41, 5.74) is 1.22. The summed E-state index contributed by atoms with van der Waals surface area (Å²) in [4.78, 5) is 14.5. The second kappa shape index (κ2) is 10.9. The normalized spacial score (nSPS) is 15.2. The molecule has 0 saturated carbocycles. The van der Waals surface area contributed by atoms with Gasteiger partial charge in [-0.3, -0.25) is 4.79 Å². The first-order chi connectivity index (χ1) is 13.2. The highest BCUT2D eigenvalue weighted by molar-refractivity contribution is 8.03. The van der Waals surface area contributed by atoms with Gasteiger partial charge < -0.3 is 9.64 Å². The number of nitrogens with zero attached hydrogens (tertiary/aromatic N) is 3. The molecular weight excluding hydrogens is 398 g/mol. The van der Waals surface area contributed by atoms with Crippen molar-refractivity contribution in [1.82, 2.24) is 15.1 Å². The SMILES string of the molecule is COc1ccc(CSc2nnc(SCC(=O)N3CCCCCCC3)s2)cc1. The summed E-state index contributed by atoms with van der Waals surface area (Å²) < 4.78 is 6.98. The third kappa shape index (κ3) is 6.69. The number of likely N-dealkylation sites (tertiary alicyclic amines) is 1. The Balaban J connectivity index is 1.43. The van der Waals surface area contributed by atoms with Crippen LogP contribution in [0.2, 0.25) is 0 Å². The zero-order valence-electron chi connectivity index (χ0n) is 15.6. The largest absolute Gasteiger partial charge is 0.497 e. The number of methoxy groups -OCH3 is 1. The molecule has 1 amide bonds. The molecule has 1 aromatic heterocycles. The maximum absolute atomic E-state index is 12.5. The van der Waals surface area contributed by atoms with E-state index < -0.39 is 0 Å². The van der Waals surface area contributed by atoms with Crippen molar-refractivity contribution < 1.29 is 9.53 Å². The molecule has 0 spiro atoms. The Morgan fingerprint density at radius 3 is 2.33 bits per heavy atom. The van der Waals surface area contributed by atoms with Gasteiger partial charge in [-0.05, 0) is 30.5 Å². The number of carbonyl (C=O) groups excluding carboxylic acids is 1. The topological polar surface area (TPSA) is 55.3 Å². The van der Waals surface area contributed by atoms with Crippen LogP contribution < -0.4 is 4.74 Å². The standard InChI is InChI=1S/C19H25N3O2S3/c1-24-16-9-7-15(8-10-16)13-25-18-20-21-19(27-18)26-14-17(23)22-11-5-3-2-4-6-12-22/h7-10H,2-6,11-14H2,1H3. The number of rotatable bonds is 7. The monoisotopic (exact) mass is 423 g/mol. The van der Waals surface area contributed by atoms with Crippen molar-refractivity contribution >= 4 is 40.8 Å². The summed E-state index contributed by atoms with van der Waals surface area (Å²) in [6.45, 7) is 1.80. The van der Waals surface area contributed by atoms with Crippen molar-refractivity contribution in [2.75, 3.05) is 26.0 Å². The van der Waals surface area contributed by atoms with Crippen molar-refractivity contribution in [3.63, 3.8) is 0 Å². The zero-order valence-corrected chi connectivity index (χ0v) is 18.0. The first-order valence-electron chi connectivity index (χ1n) is 9.24. The smallest absolute Gasteiger partial charge is 0.233 e. The Morgan fingerprint density at radius 1 is 1.04 bits per heavy atom. The molecule has 0 radical (unpaired) electrons. The molecule has 146 valence electrons. The third-order valence-corrected chi connectivity index (χ3v) is 7.68. The van der Waals surface area contributed by atoms with Crippen LogP contribution in [-0.2, 0) is 10.5 Å². The van der Waals surface area contributed by atoms with Crippen LogP contribution in [0, 0.1) is 0 Å². The van der Waals surface area contributed by atoms with E-state index in [1.54, 1.807) is 30.2 Å². The van der Waals surface area contributed by atoms with Gasteiger partial charge >= 0.3 is 0 Å². The van der Waals surface area contributed by atoms with Crippen LogP contribution in [-0.4, -0.2) is 47.0 Å². The average molecular weight is 424 g/mol. The predicted molar refractivity (Wildman–Crippen MR) is 113 cm³/mol. The van der Waals surface area contributed by atoms with E-state index in [4.69, 9.17) is 4.74 Å². The Kier molecular flexibility index (Phi) is 8.29. The van der Waals surface area contributed by atoms with E-state index in [0.29, 0.717) is 5.75 Å². The maximum Gasteiger partial charge on any atom is 0.233 e. The summed E-state index contributed by atoms with van der Waals surface area (Å²) in [7, 11) is 1.67. The molecule has 1 saturated heterocycles. The predicted octanol–water partition coefficient (Wildman–Crippen LogP) is 4.72. The quantitative estimate of drug-likeness (QED) is 0.601. The molecule has 27 heavy (non-hydrogen) atoms. The van der Waals surface area contributed by atoms with Gasteiger partial charge in [0.05, 0.1) is 12.9 Å².